The predicted octanol–water partition coefficient (Wildman–Crippen LogP) is 1.51. The van der Waals surface area contributed by atoms with Crippen molar-refractivity contribution in [2.75, 3.05) is 24.5 Å². The number of benzene rings is 1. The molecule has 0 aromatic heterocycles. The van der Waals surface area contributed by atoms with Crippen LogP contribution in [0, 0.1) is 0 Å². The van der Waals surface area contributed by atoms with Crippen LogP contribution in [-0.2, 0) is 11.2 Å². The second kappa shape index (κ2) is 8.08. The maximum absolute atomic E-state index is 12.1. The zero-order valence-electron chi connectivity index (χ0n) is 11.6. The van der Waals surface area contributed by atoms with Gasteiger partial charge in [0.1, 0.15) is 6.54 Å². The normalized spacial score (nSPS) is 13.7. The number of aliphatic imine (C=N–C) groups is 1. The number of nitrogens with zero attached hydrogens (tertiary/aromatic N) is 2. The Balaban J connectivity index is 0.00000200. The van der Waals surface area contributed by atoms with Crippen LogP contribution in [0.2, 0.25) is 0 Å². The fourth-order valence-electron chi connectivity index (χ4n) is 2.14. The van der Waals surface area contributed by atoms with E-state index in [2.05, 4.69) is 16.4 Å². The van der Waals surface area contributed by atoms with Gasteiger partial charge >= 0.3 is 0 Å². The van der Waals surface area contributed by atoms with E-state index in [9.17, 15) is 4.79 Å². The molecule has 110 valence electrons. The molecule has 0 spiro atoms. The van der Waals surface area contributed by atoms with Gasteiger partial charge in [0.15, 0.2) is 5.96 Å². The maximum Gasteiger partial charge on any atom is 0.248 e. The Morgan fingerprint density at radius 2 is 2.20 bits per heavy atom. The lowest BCUT2D eigenvalue weighted by molar-refractivity contribution is -0.117. The van der Waals surface area contributed by atoms with Gasteiger partial charge in [0.05, 0.1) is 0 Å². The zero-order valence-corrected chi connectivity index (χ0v) is 14.0. The number of nitrogens with two attached hydrogens (primary N) is 1. The summed E-state index contributed by atoms with van der Waals surface area (Å²) in [5.41, 5.74) is 7.89. The van der Waals surface area contributed by atoms with Gasteiger partial charge in [0.2, 0.25) is 5.91 Å². The van der Waals surface area contributed by atoms with Crippen LogP contribution in [0.3, 0.4) is 0 Å². The van der Waals surface area contributed by atoms with Crippen molar-refractivity contribution in [1.29, 1.82) is 0 Å². The number of halogens is 1. The molecule has 1 aromatic rings. The van der Waals surface area contributed by atoms with E-state index in [0.29, 0.717) is 5.96 Å². The number of carbonyl (C=O) groups excluding carboxylic acids is 1. The fourth-order valence-corrected chi connectivity index (χ4v) is 2.14. The lowest BCUT2D eigenvalue weighted by Gasteiger charge is -2.16. The fraction of sp³-hybridized carbons (Fsp3) is 0.429. The molecule has 0 saturated carbocycles. The largest absolute Gasteiger partial charge is 0.370 e. The highest BCUT2D eigenvalue weighted by Crippen LogP contribution is 2.27. The monoisotopic (exact) mass is 388 g/mol. The molecule has 0 bridgehead atoms. The molecule has 0 fully saturated rings. The highest BCUT2D eigenvalue weighted by atomic mass is 127. The van der Waals surface area contributed by atoms with Crippen molar-refractivity contribution in [3.8, 4) is 0 Å². The average molecular weight is 388 g/mol. The summed E-state index contributed by atoms with van der Waals surface area (Å²) in [4.78, 5) is 18.0. The Labute approximate surface area is 136 Å². The van der Waals surface area contributed by atoms with Crippen molar-refractivity contribution >= 4 is 41.5 Å². The third-order valence-corrected chi connectivity index (χ3v) is 3.13. The summed E-state index contributed by atoms with van der Waals surface area (Å²) in [5.74, 6) is 0.328. The molecule has 1 aromatic carbocycles. The summed E-state index contributed by atoms with van der Waals surface area (Å²) >= 11 is 0. The van der Waals surface area contributed by atoms with Crippen molar-refractivity contribution in [3.63, 3.8) is 0 Å². The van der Waals surface area contributed by atoms with Crippen LogP contribution in [0.4, 0.5) is 5.69 Å². The maximum atomic E-state index is 12.1. The van der Waals surface area contributed by atoms with Gasteiger partial charge in [-0.2, -0.15) is 0 Å². The van der Waals surface area contributed by atoms with Crippen molar-refractivity contribution in [1.82, 2.24) is 5.32 Å². The van der Waals surface area contributed by atoms with Gasteiger partial charge in [0, 0.05) is 18.8 Å². The van der Waals surface area contributed by atoms with E-state index >= 15 is 0 Å². The Kier molecular flexibility index (Phi) is 6.77. The van der Waals surface area contributed by atoms with Crippen LogP contribution in [0.5, 0.6) is 0 Å². The first-order valence-electron chi connectivity index (χ1n) is 6.64. The van der Waals surface area contributed by atoms with Gasteiger partial charge in [-0.3, -0.25) is 4.79 Å². The van der Waals surface area contributed by atoms with E-state index in [1.54, 1.807) is 4.90 Å². The van der Waals surface area contributed by atoms with Gasteiger partial charge < -0.3 is 16.0 Å². The molecular weight excluding hydrogens is 367 g/mol. The number of anilines is 1. The topological polar surface area (TPSA) is 70.7 Å². The van der Waals surface area contributed by atoms with E-state index in [1.807, 2.05) is 25.1 Å². The van der Waals surface area contributed by atoms with E-state index < -0.39 is 0 Å². The average Bonchev–Trinajstić information content (AvgIpc) is 2.86. The molecule has 0 unspecified atom stereocenters. The van der Waals surface area contributed by atoms with Gasteiger partial charge in [-0.15, -0.1) is 24.0 Å². The zero-order chi connectivity index (χ0) is 13.7. The van der Waals surface area contributed by atoms with Crippen molar-refractivity contribution in [3.05, 3.63) is 29.8 Å². The number of nitrogens with one attached hydrogen (secondary N) is 1. The summed E-state index contributed by atoms with van der Waals surface area (Å²) in [5, 5.41) is 2.95. The van der Waals surface area contributed by atoms with Crippen LogP contribution in [0.25, 0.3) is 0 Å². The van der Waals surface area contributed by atoms with Gasteiger partial charge in [-0.05, 0) is 24.5 Å². The third kappa shape index (κ3) is 4.09. The summed E-state index contributed by atoms with van der Waals surface area (Å²) in [6, 6.07) is 7.98. The lowest BCUT2D eigenvalue weighted by atomic mass is 10.2. The first kappa shape index (κ1) is 16.7. The molecule has 0 saturated heterocycles. The molecule has 2 rings (SSSR count). The minimum atomic E-state index is -0.00815. The molecule has 0 atom stereocenters. The molecule has 1 aliphatic rings. The quantitative estimate of drug-likeness (QED) is 0.467. The van der Waals surface area contributed by atoms with Gasteiger partial charge in [-0.1, -0.05) is 25.1 Å². The van der Waals surface area contributed by atoms with E-state index in [4.69, 9.17) is 5.73 Å². The Bertz CT molecular complexity index is 490. The van der Waals surface area contributed by atoms with Crippen LogP contribution in [0.15, 0.2) is 29.3 Å². The number of para-hydroxylation sites is 1. The van der Waals surface area contributed by atoms with E-state index in [1.165, 1.54) is 5.56 Å². The summed E-state index contributed by atoms with van der Waals surface area (Å²) in [6.45, 7) is 3.65. The van der Waals surface area contributed by atoms with E-state index in [0.717, 1.165) is 31.6 Å². The molecular formula is C14H21IN4O. The number of amides is 1. The van der Waals surface area contributed by atoms with Crippen molar-refractivity contribution in [2.24, 2.45) is 10.7 Å². The first-order valence-corrected chi connectivity index (χ1v) is 6.64. The Morgan fingerprint density at radius 1 is 1.45 bits per heavy atom. The Morgan fingerprint density at radius 3 is 2.95 bits per heavy atom. The van der Waals surface area contributed by atoms with Gasteiger partial charge in [0.25, 0.3) is 0 Å². The third-order valence-electron chi connectivity index (χ3n) is 3.13. The second-order valence-electron chi connectivity index (χ2n) is 4.55. The Hall–Kier alpha value is -1.31. The second-order valence-corrected chi connectivity index (χ2v) is 4.55. The van der Waals surface area contributed by atoms with Crippen LogP contribution >= 0.6 is 24.0 Å². The SMILES string of the molecule is CCCNC(N)=NCC(=O)N1CCc2ccccc21.I. The molecule has 1 heterocycles. The number of hydrogen-bond donors (Lipinski definition) is 2. The molecule has 20 heavy (non-hydrogen) atoms. The highest BCUT2D eigenvalue weighted by Gasteiger charge is 2.23. The molecule has 0 aliphatic carbocycles. The molecule has 1 amide bonds. The molecule has 0 radical (unpaired) electrons. The van der Waals surface area contributed by atoms with Crippen LogP contribution in [-0.4, -0.2) is 31.5 Å². The van der Waals surface area contributed by atoms with E-state index in [-0.39, 0.29) is 36.4 Å². The molecule has 5 nitrogen and oxygen atoms in total. The number of guanidine groups is 1. The summed E-state index contributed by atoms with van der Waals surface area (Å²) < 4.78 is 0. The van der Waals surface area contributed by atoms with Crippen molar-refractivity contribution in [2.45, 2.75) is 19.8 Å². The lowest BCUT2D eigenvalue weighted by Crippen LogP contribution is -2.35. The van der Waals surface area contributed by atoms with Crippen LogP contribution < -0.4 is 16.0 Å². The minimum absolute atomic E-state index is 0. The predicted molar refractivity (Wildman–Crippen MR) is 92.7 cm³/mol. The molecule has 3 N–H and O–H groups in total. The smallest absolute Gasteiger partial charge is 0.248 e. The highest BCUT2D eigenvalue weighted by molar-refractivity contribution is 14.0. The summed E-state index contributed by atoms with van der Waals surface area (Å²) in [6.07, 6.45) is 1.89. The minimum Gasteiger partial charge on any atom is -0.370 e. The van der Waals surface area contributed by atoms with Gasteiger partial charge in [-0.25, -0.2) is 4.99 Å². The number of rotatable bonds is 4. The number of fused-ring (bicyclic) bond motifs is 1. The number of hydrogen-bond acceptors (Lipinski definition) is 2. The molecule has 1 aliphatic heterocycles. The standard InChI is InChI=1S/C14H20N4O.HI/c1-2-8-16-14(15)17-10-13(19)18-9-7-11-5-3-4-6-12(11)18;/h3-6H,2,7-10H2,1H3,(H3,15,16,17);1H. The van der Waals surface area contributed by atoms with Crippen molar-refractivity contribution < 1.29 is 4.79 Å². The van der Waals surface area contributed by atoms with Crippen LogP contribution in [0.1, 0.15) is 18.9 Å². The first-order chi connectivity index (χ1) is 9.22. The number of carbonyl (C=O) groups is 1. The summed E-state index contributed by atoms with van der Waals surface area (Å²) in [7, 11) is 0. The molecule has 6 heteroatoms.